The number of unbranched alkanes of at least 4 members (excludes halogenated alkanes) is 40. The van der Waals surface area contributed by atoms with Crippen LogP contribution in [0.3, 0.4) is 0 Å². The maximum Gasteiger partial charge on any atom is 0.472 e. The zero-order valence-electron chi connectivity index (χ0n) is 56.2. The van der Waals surface area contributed by atoms with Crippen LogP contribution in [0.1, 0.15) is 349 Å². The molecule has 0 heterocycles. The van der Waals surface area contributed by atoms with Crippen molar-refractivity contribution < 1.29 is 80.2 Å². The van der Waals surface area contributed by atoms with E-state index in [0.717, 1.165) is 95.8 Å². The van der Waals surface area contributed by atoms with Gasteiger partial charge in [-0.3, -0.25) is 37.3 Å². The molecule has 0 aromatic rings. The van der Waals surface area contributed by atoms with E-state index in [1.54, 1.807) is 0 Å². The number of hydrogen-bond donors (Lipinski definition) is 3. The number of esters is 4. The molecule has 516 valence electrons. The summed E-state index contributed by atoms with van der Waals surface area (Å²) >= 11 is 0. The second-order valence-corrected chi connectivity index (χ2v) is 27.9. The predicted molar refractivity (Wildman–Crippen MR) is 349 cm³/mol. The summed E-state index contributed by atoms with van der Waals surface area (Å²) in [7, 11) is -9.89. The number of aliphatic hydroxyl groups excluding tert-OH is 1. The minimum Gasteiger partial charge on any atom is -0.462 e. The standard InChI is InChI=1S/C68H132O17P2/c1-6-9-12-15-18-21-23-27-32-37-42-47-52-66(71)79-58-64(85-68(73)54-49-44-39-34-29-25-26-31-35-40-45-50-61(4)5)60-83-87(76,77)81-56-62(69)55-80-86(74,75)82-59-63(57-78-65(70)51-46-41-36-30-20-17-14-11-8-3)84-67(72)53-48-43-38-33-28-24-22-19-16-13-10-7-2/h61-64,69H,6-60H2,1-5H3,(H,74,75)(H,76,77)/t62-,63+,64+/m0/s1. The molecule has 0 aromatic heterocycles. The molecule has 3 N–H and O–H groups in total. The lowest BCUT2D eigenvalue weighted by molar-refractivity contribution is -0.161. The fourth-order valence-electron chi connectivity index (χ4n) is 10.3. The van der Waals surface area contributed by atoms with Gasteiger partial charge < -0.3 is 33.8 Å². The minimum atomic E-state index is -4.95. The smallest absolute Gasteiger partial charge is 0.462 e. The van der Waals surface area contributed by atoms with Crippen LogP contribution in [0.4, 0.5) is 0 Å². The number of phosphoric ester groups is 2. The normalized spacial score (nSPS) is 14.1. The highest BCUT2D eigenvalue weighted by molar-refractivity contribution is 7.47. The van der Waals surface area contributed by atoms with Gasteiger partial charge in [0.15, 0.2) is 12.2 Å². The molecule has 0 saturated heterocycles. The highest BCUT2D eigenvalue weighted by Crippen LogP contribution is 2.45. The van der Waals surface area contributed by atoms with Crippen molar-refractivity contribution >= 4 is 39.5 Å². The van der Waals surface area contributed by atoms with Gasteiger partial charge in [-0.05, 0) is 31.6 Å². The first kappa shape index (κ1) is 85.1. The van der Waals surface area contributed by atoms with E-state index in [0.29, 0.717) is 25.7 Å². The molecule has 0 spiro atoms. The van der Waals surface area contributed by atoms with Crippen LogP contribution in [0.25, 0.3) is 0 Å². The molecule has 0 radical (unpaired) electrons. The average Bonchev–Trinajstić information content (AvgIpc) is 3.68. The molecular weight excluding hydrogens is 1150 g/mol. The van der Waals surface area contributed by atoms with E-state index in [1.165, 1.54) is 173 Å². The molecule has 5 atom stereocenters. The molecule has 0 saturated carbocycles. The van der Waals surface area contributed by atoms with Gasteiger partial charge in [0, 0.05) is 25.7 Å². The first-order valence-electron chi connectivity index (χ1n) is 35.6. The van der Waals surface area contributed by atoms with Crippen molar-refractivity contribution in [2.45, 2.75) is 368 Å². The quantitative estimate of drug-likeness (QED) is 0.0222. The van der Waals surface area contributed by atoms with Crippen molar-refractivity contribution in [3.05, 3.63) is 0 Å². The van der Waals surface area contributed by atoms with Crippen LogP contribution in [-0.4, -0.2) is 96.7 Å². The average molecular weight is 1280 g/mol. The summed E-state index contributed by atoms with van der Waals surface area (Å²) in [6.07, 6.45) is 47.0. The van der Waals surface area contributed by atoms with E-state index in [-0.39, 0.29) is 25.7 Å². The second kappa shape index (κ2) is 61.6. The van der Waals surface area contributed by atoms with Gasteiger partial charge in [0.2, 0.25) is 0 Å². The number of aliphatic hydroxyl groups is 1. The van der Waals surface area contributed by atoms with Gasteiger partial charge in [-0.1, -0.05) is 298 Å². The van der Waals surface area contributed by atoms with E-state index >= 15 is 0 Å². The van der Waals surface area contributed by atoms with Gasteiger partial charge in [0.25, 0.3) is 0 Å². The largest absolute Gasteiger partial charge is 0.472 e. The molecule has 17 nitrogen and oxygen atoms in total. The van der Waals surface area contributed by atoms with Gasteiger partial charge in [-0.15, -0.1) is 0 Å². The topological polar surface area (TPSA) is 237 Å². The van der Waals surface area contributed by atoms with Crippen LogP contribution in [0.5, 0.6) is 0 Å². The third kappa shape index (κ3) is 62.6. The first-order chi connectivity index (χ1) is 42.0. The third-order valence-electron chi connectivity index (χ3n) is 15.8. The van der Waals surface area contributed by atoms with Crippen molar-refractivity contribution in [2.24, 2.45) is 5.92 Å². The Labute approximate surface area is 530 Å². The maximum atomic E-state index is 13.0. The van der Waals surface area contributed by atoms with E-state index < -0.39 is 97.5 Å². The Bertz CT molecular complexity index is 1690. The minimum absolute atomic E-state index is 0.107. The summed E-state index contributed by atoms with van der Waals surface area (Å²) in [6, 6.07) is 0. The monoisotopic (exact) mass is 1280 g/mol. The molecule has 19 heteroatoms. The molecule has 0 amide bonds. The van der Waals surface area contributed by atoms with Crippen LogP contribution in [0, 0.1) is 5.92 Å². The molecular formula is C68H132O17P2. The fraction of sp³-hybridized carbons (Fsp3) is 0.941. The van der Waals surface area contributed by atoms with Crippen LogP contribution in [0.2, 0.25) is 0 Å². The molecule has 0 aliphatic carbocycles. The zero-order valence-corrected chi connectivity index (χ0v) is 57.9. The molecule has 0 aliphatic heterocycles. The Morgan fingerprint density at radius 2 is 0.529 bits per heavy atom. The van der Waals surface area contributed by atoms with Crippen LogP contribution < -0.4 is 0 Å². The number of hydrogen-bond acceptors (Lipinski definition) is 15. The highest BCUT2D eigenvalue weighted by atomic mass is 31.2. The Hall–Kier alpha value is -1.94. The van der Waals surface area contributed by atoms with E-state index in [1.807, 2.05) is 0 Å². The predicted octanol–water partition coefficient (Wildman–Crippen LogP) is 19.4. The summed E-state index contributed by atoms with van der Waals surface area (Å²) in [6.45, 7) is 7.22. The van der Waals surface area contributed by atoms with Gasteiger partial charge in [0.1, 0.15) is 19.3 Å². The van der Waals surface area contributed by atoms with Gasteiger partial charge >= 0.3 is 39.5 Å². The van der Waals surface area contributed by atoms with Crippen molar-refractivity contribution in [3.8, 4) is 0 Å². The van der Waals surface area contributed by atoms with Gasteiger partial charge in [-0.25, -0.2) is 9.13 Å². The lowest BCUT2D eigenvalue weighted by atomic mass is 10.0. The molecule has 0 bridgehead atoms. The number of rotatable bonds is 68. The molecule has 0 aromatic carbocycles. The number of carbonyl (C=O) groups excluding carboxylic acids is 4. The summed E-state index contributed by atoms with van der Waals surface area (Å²) in [5.41, 5.74) is 0. The van der Waals surface area contributed by atoms with Crippen molar-refractivity contribution in [1.82, 2.24) is 0 Å². The molecule has 0 aliphatic rings. The molecule has 87 heavy (non-hydrogen) atoms. The van der Waals surface area contributed by atoms with Gasteiger partial charge in [-0.2, -0.15) is 0 Å². The van der Waals surface area contributed by atoms with Crippen LogP contribution >= 0.6 is 15.6 Å². The lowest BCUT2D eigenvalue weighted by Crippen LogP contribution is -2.30. The lowest BCUT2D eigenvalue weighted by Gasteiger charge is -2.21. The first-order valence-corrected chi connectivity index (χ1v) is 38.6. The number of phosphoric acid groups is 2. The summed E-state index contributed by atoms with van der Waals surface area (Å²) in [4.78, 5) is 72.4. The van der Waals surface area contributed by atoms with Crippen molar-refractivity contribution in [1.29, 1.82) is 0 Å². The highest BCUT2D eigenvalue weighted by Gasteiger charge is 2.30. The third-order valence-corrected chi connectivity index (χ3v) is 17.7. The number of carbonyl (C=O) groups is 4. The number of ether oxygens (including phenoxy) is 4. The second-order valence-electron chi connectivity index (χ2n) is 25.0. The molecule has 0 fully saturated rings. The van der Waals surface area contributed by atoms with E-state index in [4.69, 9.17) is 37.0 Å². The summed E-state index contributed by atoms with van der Waals surface area (Å²) < 4.78 is 68.2. The summed E-state index contributed by atoms with van der Waals surface area (Å²) in [5, 5.41) is 10.6. The van der Waals surface area contributed by atoms with E-state index in [9.17, 15) is 43.2 Å². The van der Waals surface area contributed by atoms with Crippen LogP contribution in [0.15, 0.2) is 0 Å². The zero-order chi connectivity index (χ0) is 64.2. The van der Waals surface area contributed by atoms with Crippen LogP contribution in [-0.2, 0) is 65.4 Å². The SMILES string of the molecule is CCCCCCCCCCCCCCC(=O)OC[C@H](COP(=O)(O)OC[C@@H](O)COP(=O)(O)OC[C@@H](COC(=O)CCCCCCCCCCC)OC(=O)CCCCCCCCCCCCCC)OC(=O)CCCCCCCCCCCCCC(C)C. The Morgan fingerprint density at radius 1 is 0.310 bits per heavy atom. The van der Waals surface area contributed by atoms with E-state index in [2.05, 4.69) is 34.6 Å². The van der Waals surface area contributed by atoms with Crippen molar-refractivity contribution in [3.63, 3.8) is 0 Å². The van der Waals surface area contributed by atoms with Crippen molar-refractivity contribution in [2.75, 3.05) is 39.6 Å². The molecule has 0 rings (SSSR count). The Kier molecular flexibility index (Phi) is 60.2. The molecule has 2 unspecified atom stereocenters. The van der Waals surface area contributed by atoms with Gasteiger partial charge in [0.05, 0.1) is 26.4 Å². The summed E-state index contributed by atoms with van der Waals surface area (Å²) in [5.74, 6) is -1.36. The fourth-order valence-corrected chi connectivity index (χ4v) is 11.9. The Morgan fingerprint density at radius 3 is 0.782 bits per heavy atom. The Balaban J connectivity index is 5.24. The maximum absolute atomic E-state index is 13.0.